The third kappa shape index (κ3) is 8.95. The van der Waals surface area contributed by atoms with Crippen LogP contribution in [-0.2, 0) is 0 Å². The summed E-state index contributed by atoms with van der Waals surface area (Å²) in [5.41, 5.74) is 2.22. The Morgan fingerprint density at radius 3 is 1.41 bits per heavy atom. The van der Waals surface area contributed by atoms with Crippen molar-refractivity contribution in [1.82, 2.24) is 0 Å². The van der Waals surface area contributed by atoms with E-state index >= 15 is 0 Å². The molecule has 0 aliphatic heterocycles. The second-order valence-electron chi connectivity index (χ2n) is 8.93. The molecule has 0 unspecified atom stereocenters. The Hall–Kier alpha value is -3.86. The molecule has 4 aromatic carbocycles. The Kier molecular flexibility index (Phi) is 10.4. The van der Waals surface area contributed by atoms with Crippen LogP contribution in [0.2, 0.25) is 0 Å². The van der Waals surface area contributed by atoms with Crippen molar-refractivity contribution in [3.63, 3.8) is 0 Å². The van der Waals surface area contributed by atoms with Crippen LogP contribution in [0.1, 0.15) is 45.4 Å². The molecule has 0 fully saturated rings. The maximum atomic E-state index is 6.05. The molecule has 0 aromatic heterocycles. The molecule has 190 valence electrons. The molecule has 0 saturated heterocycles. The van der Waals surface area contributed by atoms with Crippen molar-refractivity contribution in [2.45, 2.75) is 45.4 Å². The van der Waals surface area contributed by atoms with E-state index in [2.05, 4.69) is 19.1 Å². The molecule has 0 N–H and O–H groups in total. The molecule has 0 spiro atoms. The number of ether oxygens (including phenoxy) is 1. The lowest BCUT2D eigenvalue weighted by atomic mass is 10.1. The standard InChI is InChI=1S/C32H35BO4/c1-2-3-4-5-6-13-26-34-29-22-18-27(19-23-29)28-20-24-32(25-21-28)37-33(35-30-14-9-7-10-15-30)36-31-16-11-8-12-17-31/h7-12,14-25H,2-6,13,26H2,1H3. The molecular formula is C32H35BO4. The van der Waals surface area contributed by atoms with Gasteiger partial charge < -0.3 is 18.7 Å². The molecule has 0 aliphatic carbocycles. The van der Waals surface area contributed by atoms with Gasteiger partial charge in [-0.15, -0.1) is 0 Å². The van der Waals surface area contributed by atoms with Crippen LogP contribution in [0.5, 0.6) is 23.0 Å². The van der Waals surface area contributed by atoms with Gasteiger partial charge in [-0.1, -0.05) is 99.7 Å². The summed E-state index contributed by atoms with van der Waals surface area (Å²) >= 11 is 0. The minimum atomic E-state index is -0.932. The Bertz CT molecular complexity index is 1110. The van der Waals surface area contributed by atoms with Crippen LogP contribution in [0.15, 0.2) is 109 Å². The molecule has 0 aliphatic rings. The molecular weight excluding hydrogens is 459 g/mol. The van der Waals surface area contributed by atoms with E-state index in [9.17, 15) is 0 Å². The van der Waals surface area contributed by atoms with Crippen molar-refractivity contribution in [3.8, 4) is 34.1 Å². The van der Waals surface area contributed by atoms with Crippen LogP contribution in [0.4, 0.5) is 0 Å². The third-order valence-electron chi connectivity index (χ3n) is 5.99. The number of hydrogen-bond donors (Lipinski definition) is 0. The maximum Gasteiger partial charge on any atom is 0.864 e. The zero-order valence-electron chi connectivity index (χ0n) is 21.6. The fourth-order valence-corrected chi connectivity index (χ4v) is 3.95. The second kappa shape index (κ2) is 14.6. The molecule has 0 heterocycles. The summed E-state index contributed by atoms with van der Waals surface area (Å²) < 4.78 is 23.9. The van der Waals surface area contributed by atoms with Crippen molar-refractivity contribution >= 4 is 7.32 Å². The summed E-state index contributed by atoms with van der Waals surface area (Å²) in [5, 5.41) is 0. The highest BCUT2D eigenvalue weighted by molar-refractivity contribution is 6.39. The zero-order chi connectivity index (χ0) is 25.5. The first kappa shape index (κ1) is 26.2. The lowest BCUT2D eigenvalue weighted by molar-refractivity contribution is 0.304. The van der Waals surface area contributed by atoms with Crippen LogP contribution < -0.4 is 18.7 Å². The van der Waals surface area contributed by atoms with Gasteiger partial charge in [-0.25, -0.2) is 0 Å². The number of para-hydroxylation sites is 2. The first-order valence-corrected chi connectivity index (χ1v) is 13.2. The van der Waals surface area contributed by atoms with Crippen LogP contribution in [0.25, 0.3) is 11.1 Å². The van der Waals surface area contributed by atoms with Crippen LogP contribution in [0, 0.1) is 0 Å². The molecule has 0 saturated carbocycles. The molecule has 0 amide bonds. The zero-order valence-corrected chi connectivity index (χ0v) is 21.6. The number of benzene rings is 4. The van der Waals surface area contributed by atoms with E-state index in [1.807, 2.05) is 97.1 Å². The van der Waals surface area contributed by atoms with Crippen molar-refractivity contribution in [3.05, 3.63) is 109 Å². The largest absolute Gasteiger partial charge is 0.864 e. The van der Waals surface area contributed by atoms with Gasteiger partial charge in [0.05, 0.1) is 6.61 Å². The van der Waals surface area contributed by atoms with Gasteiger partial charge in [0, 0.05) is 0 Å². The fourth-order valence-electron chi connectivity index (χ4n) is 3.95. The summed E-state index contributed by atoms with van der Waals surface area (Å²) in [6, 6.07) is 35.2. The SMILES string of the molecule is CCCCCCCCOc1ccc(-c2ccc(OB(Oc3ccccc3)Oc3ccccc3)cc2)cc1. The van der Waals surface area contributed by atoms with E-state index < -0.39 is 7.32 Å². The predicted octanol–water partition coefficient (Wildman–Crippen LogP) is 8.61. The van der Waals surface area contributed by atoms with E-state index in [1.165, 1.54) is 32.1 Å². The highest BCUT2D eigenvalue weighted by Crippen LogP contribution is 2.26. The lowest BCUT2D eigenvalue weighted by Gasteiger charge is -2.16. The monoisotopic (exact) mass is 494 g/mol. The normalized spacial score (nSPS) is 10.5. The predicted molar refractivity (Wildman–Crippen MR) is 151 cm³/mol. The smallest absolute Gasteiger partial charge is 0.494 e. The van der Waals surface area contributed by atoms with E-state index in [1.54, 1.807) is 0 Å². The lowest BCUT2D eigenvalue weighted by Crippen LogP contribution is -2.36. The summed E-state index contributed by atoms with van der Waals surface area (Å²) in [5.74, 6) is 2.90. The first-order chi connectivity index (χ1) is 18.3. The van der Waals surface area contributed by atoms with Gasteiger partial charge in [0.1, 0.15) is 23.0 Å². The Balaban J connectivity index is 1.32. The third-order valence-corrected chi connectivity index (χ3v) is 5.99. The van der Waals surface area contributed by atoms with Gasteiger partial charge in [-0.05, 0) is 66.1 Å². The molecule has 4 nitrogen and oxygen atoms in total. The Morgan fingerprint density at radius 2 is 0.892 bits per heavy atom. The summed E-state index contributed by atoms with van der Waals surface area (Å²) in [7, 11) is -0.932. The minimum Gasteiger partial charge on any atom is -0.494 e. The fraction of sp³-hybridized carbons (Fsp3) is 0.250. The topological polar surface area (TPSA) is 36.9 Å². The summed E-state index contributed by atoms with van der Waals surface area (Å²) in [4.78, 5) is 0. The highest BCUT2D eigenvalue weighted by atomic mass is 16.7. The summed E-state index contributed by atoms with van der Waals surface area (Å²) in [6.07, 6.45) is 7.59. The molecule has 4 rings (SSSR count). The van der Waals surface area contributed by atoms with Crippen molar-refractivity contribution in [2.75, 3.05) is 6.61 Å². The van der Waals surface area contributed by atoms with Crippen LogP contribution in [-0.4, -0.2) is 13.9 Å². The maximum absolute atomic E-state index is 6.05. The van der Waals surface area contributed by atoms with Crippen molar-refractivity contribution in [2.24, 2.45) is 0 Å². The Labute approximate surface area is 221 Å². The molecule has 0 radical (unpaired) electrons. The average molecular weight is 494 g/mol. The van der Waals surface area contributed by atoms with E-state index in [0.29, 0.717) is 17.2 Å². The molecule has 5 heteroatoms. The van der Waals surface area contributed by atoms with Gasteiger partial charge in [0.2, 0.25) is 0 Å². The minimum absolute atomic E-state index is 0.652. The van der Waals surface area contributed by atoms with Gasteiger partial charge in [0.25, 0.3) is 0 Å². The molecule has 4 aromatic rings. The van der Waals surface area contributed by atoms with Gasteiger partial charge in [-0.2, -0.15) is 0 Å². The molecule has 0 atom stereocenters. The van der Waals surface area contributed by atoms with E-state index in [-0.39, 0.29) is 0 Å². The number of hydrogen-bond acceptors (Lipinski definition) is 4. The average Bonchev–Trinajstić information content (AvgIpc) is 2.94. The quantitative estimate of drug-likeness (QED) is 0.122. The highest BCUT2D eigenvalue weighted by Gasteiger charge is 2.30. The second-order valence-corrected chi connectivity index (χ2v) is 8.93. The Morgan fingerprint density at radius 1 is 0.459 bits per heavy atom. The van der Waals surface area contributed by atoms with Crippen molar-refractivity contribution < 1.29 is 18.7 Å². The summed E-state index contributed by atoms with van der Waals surface area (Å²) in [6.45, 7) is 3.02. The van der Waals surface area contributed by atoms with Crippen LogP contribution in [0.3, 0.4) is 0 Å². The van der Waals surface area contributed by atoms with Gasteiger partial charge >= 0.3 is 7.32 Å². The first-order valence-electron chi connectivity index (χ1n) is 13.2. The van der Waals surface area contributed by atoms with Crippen molar-refractivity contribution in [1.29, 1.82) is 0 Å². The number of unbranched alkanes of at least 4 members (excludes halogenated alkanes) is 5. The number of rotatable bonds is 15. The van der Waals surface area contributed by atoms with Gasteiger partial charge in [-0.3, -0.25) is 0 Å². The van der Waals surface area contributed by atoms with Crippen LogP contribution >= 0.6 is 0 Å². The van der Waals surface area contributed by atoms with E-state index in [4.69, 9.17) is 18.7 Å². The molecule has 37 heavy (non-hydrogen) atoms. The van der Waals surface area contributed by atoms with E-state index in [0.717, 1.165) is 29.9 Å². The molecule has 0 bridgehead atoms. The van der Waals surface area contributed by atoms with Gasteiger partial charge in [0.15, 0.2) is 0 Å².